The van der Waals surface area contributed by atoms with E-state index >= 15 is 8.78 Å². The number of hydrogen-bond acceptors (Lipinski definition) is 8. The second-order valence-electron chi connectivity index (χ2n) is 9.63. The smallest absolute Gasteiger partial charge is 0.323 e. The number of ether oxygens (including phenoxy) is 1. The van der Waals surface area contributed by atoms with Gasteiger partial charge in [0.2, 0.25) is 0 Å². The highest BCUT2D eigenvalue weighted by Crippen LogP contribution is 2.46. The average Bonchev–Trinajstić information content (AvgIpc) is 3.52. The molecule has 4 aromatic rings. The van der Waals surface area contributed by atoms with Crippen molar-refractivity contribution in [2.75, 3.05) is 13.2 Å². The van der Waals surface area contributed by atoms with Crippen LogP contribution >= 0.6 is 0 Å². The molecule has 2 heterocycles. The van der Waals surface area contributed by atoms with Gasteiger partial charge in [0.15, 0.2) is 5.60 Å². The van der Waals surface area contributed by atoms with E-state index < -0.39 is 41.0 Å². The maximum Gasteiger partial charge on any atom is 0.323 e. The third kappa shape index (κ3) is 6.65. The Hall–Kier alpha value is -4.82. The molecule has 0 unspecified atom stereocenters. The van der Waals surface area contributed by atoms with Gasteiger partial charge in [-0.15, -0.1) is 0 Å². The second kappa shape index (κ2) is 12.6. The maximum atomic E-state index is 15.9. The number of benzene rings is 3. The summed E-state index contributed by atoms with van der Waals surface area (Å²) in [6.07, 6.45) is 1.13. The summed E-state index contributed by atoms with van der Waals surface area (Å²) >= 11 is 0. The van der Waals surface area contributed by atoms with E-state index in [9.17, 15) is 13.9 Å². The Morgan fingerprint density at radius 2 is 1.63 bits per heavy atom. The van der Waals surface area contributed by atoms with Crippen LogP contribution in [0.5, 0.6) is 5.75 Å². The number of aromatic nitrogens is 1. The molecule has 1 atom stereocenters. The summed E-state index contributed by atoms with van der Waals surface area (Å²) in [6.45, 7) is -0.447. The van der Waals surface area contributed by atoms with E-state index in [1.54, 1.807) is 36.4 Å². The minimum atomic E-state index is -4.10. The van der Waals surface area contributed by atoms with Crippen LogP contribution in [-0.4, -0.2) is 28.3 Å². The summed E-state index contributed by atoms with van der Waals surface area (Å²) in [5.74, 6) is -0.0103. The van der Waals surface area contributed by atoms with Gasteiger partial charge in [0, 0.05) is 29.0 Å². The molecule has 12 heteroatoms. The zero-order valence-corrected chi connectivity index (χ0v) is 22.4. The number of nitrogens with zero attached hydrogens (tertiary/aromatic N) is 3. The van der Waals surface area contributed by atoms with Crippen molar-refractivity contribution in [3.05, 3.63) is 130 Å². The molecule has 3 aromatic carbocycles. The first-order valence-corrected chi connectivity index (χ1v) is 12.9. The summed E-state index contributed by atoms with van der Waals surface area (Å²) in [4.78, 5) is 3.84. The molecule has 0 aliphatic carbocycles. The molecule has 1 aromatic heterocycles. The van der Waals surface area contributed by atoms with Crippen LogP contribution in [0, 0.1) is 34.8 Å². The molecule has 5 rings (SSSR count). The van der Waals surface area contributed by atoms with Crippen LogP contribution in [0.25, 0.3) is 0 Å². The highest BCUT2D eigenvalue weighted by atomic mass is 19.3. The van der Waals surface area contributed by atoms with Crippen LogP contribution in [0.2, 0.25) is 0 Å². The molecule has 43 heavy (non-hydrogen) atoms. The number of pyridine rings is 1. The molecule has 1 aliphatic rings. The Morgan fingerprint density at radius 3 is 2.26 bits per heavy atom. The van der Waals surface area contributed by atoms with Crippen molar-refractivity contribution >= 4 is 0 Å². The highest BCUT2D eigenvalue weighted by molar-refractivity contribution is 5.44. The zero-order valence-electron chi connectivity index (χ0n) is 22.4. The standard InChI is InChI=1S/C31H24F4N6O2/c32-25-10-13-27(28(33)15-25)30(42,19-41-20-38-39-40-41)31(34,35)29-14-9-23(17-37-29)4-1-21-7-11-26(12-8-21)43-18-24-5-2-22(16-36)3-6-24/h2-3,5-15,17,38-40,42H,18-20H2/t30-/m0/s1. The van der Waals surface area contributed by atoms with Crippen LogP contribution in [0.4, 0.5) is 17.6 Å². The fourth-order valence-corrected chi connectivity index (χ4v) is 4.33. The van der Waals surface area contributed by atoms with Crippen molar-refractivity contribution < 1.29 is 27.4 Å². The summed E-state index contributed by atoms with van der Waals surface area (Å²) in [5, 5.41) is 21.4. The van der Waals surface area contributed by atoms with Crippen molar-refractivity contribution in [1.29, 1.82) is 5.26 Å². The molecular weight excluding hydrogens is 564 g/mol. The SMILES string of the molecule is N#Cc1ccc(COc2ccc(C#Cc3ccc(C(F)(F)[C@](O)(CN4CNNN4)c4ccc(F)cc4F)nc3)cc2)cc1. The van der Waals surface area contributed by atoms with Gasteiger partial charge in [-0.05, 0) is 60.2 Å². The molecular formula is C31H24F4N6O2. The number of hydrogen-bond donors (Lipinski definition) is 4. The zero-order chi connectivity index (χ0) is 30.5. The van der Waals surface area contributed by atoms with Crippen LogP contribution in [0.15, 0.2) is 85.1 Å². The van der Waals surface area contributed by atoms with Crippen LogP contribution in [-0.2, 0) is 18.1 Å². The first kappa shape index (κ1) is 29.7. The van der Waals surface area contributed by atoms with E-state index in [0.29, 0.717) is 35.1 Å². The minimum absolute atomic E-state index is 0.00734. The molecule has 8 nitrogen and oxygen atoms in total. The molecule has 0 bridgehead atoms. The number of alkyl halides is 2. The number of hydrazine groups is 3. The van der Waals surface area contributed by atoms with E-state index in [1.165, 1.54) is 11.1 Å². The predicted molar refractivity (Wildman–Crippen MR) is 147 cm³/mol. The van der Waals surface area contributed by atoms with Crippen molar-refractivity contribution in [1.82, 2.24) is 26.5 Å². The number of aliphatic hydroxyl groups is 1. The average molecular weight is 589 g/mol. The largest absolute Gasteiger partial charge is 0.489 e. The fourth-order valence-electron chi connectivity index (χ4n) is 4.33. The van der Waals surface area contributed by atoms with Crippen LogP contribution in [0.3, 0.4) is 0 Å². The lowest BCUT2D eigenvalue weighted by molar-refractivity contribution is -0.210. The quantitative estimate of drug-likeness (QED) is 0.181. The minimum Gasteiger partial charge on any atom is -0.489 e. The molecule has 0 spiro atoms. The Morgan fingerprint density at radius 1 is 0.930 bits per heavy atom. The number of nitriles is 1. The number of halogens is 4. The van der Waals surface area contributed by atoms with Crippen molar-refractivity contribution in [3.8, 4) is 23.7 Å². The van der Waals surface area contributed by atoms with Gasteiger partial charge < -0.3 is 9.84 Å². The molecule has 218 valence electrons. The number of β-amino-alcohol motifs (C(OH)–C–C–N with tert-alkyl or cyclic N) is 1. The number of rotatable bonds is 8. The first-order valence-electron chi connectivity index (χ1n) is 12.9. The lowest BCUT2D eigenvalue weighted by Crippen LogP contribution is -2.54. The fraction of sp³-hybridized carbons (Fsp3) is 0.161. The van der Waals surface area contributed by atoms with Gasteiger partial charge in [-0.25, -0.2) is 19.2 Å². The van der Waals surface area contributed by atoms with Crippen LogP contribution < -0.4 is 21.2 Å². The van der Waals surface area contributed by atoms with Gasteiger partial charge in [-0.2, -0.15) is 25.1 Å². The van der Waals surface area contributed by atoms with Gasteiger partial charge in [0.25, 0.3) is 0 Å². The lowest BCUT2D eigenvalue weighted by atomic mass is 9.84. The van der Waals surface area contributed by atoms with Gasteiger partial charge in [-0.3, -0.25) is 4.98 Å². The Bertz CT molecular complexity index is 1680. The summed E-state index contributed by atoms with van der Waals surface area (Å²) < 4.78 is 65.8. The van der Waals surface area contributed by atoms with Crippen LogP contribution in [0.1, 0.15) is 33.5 Å². The van der Waals surface area contributed by atoms with Gasteiger partial charge in [0.1, 0.15) is 29.7 Å². The molecule has 1 saturated heterocycles. The van der Waals surface area contributed by atoms with E-state index in [2.05, 4.69) is 39.4 Å². The van der Waals surface area contributed by atoms with E-state index in [0.717, 1.165) is 30.0 Å². The topological polar surface area (TPSA) is 105 Å². The van der Waals surface area contributed by atoms with Crippen molar-refractivity contribution in [3.63, 3.8) is 0 Å². The van der Waals surface area contributed by atoms with E-state index in [1.807, 2.05) is 12.1 Å². The molecule has 0 amide bonds. The lowest BCUT2D eigenvalue weighted by Gasteiger charge is -2.38. The summed E-state index contributed by atoms with van der Waals surface area (Å²) in [5.41, 5.74) is 5.33. The third-order valence-electron chi connectivity index (χ3n) is 6.67. The molecule has 0 radical (unpaired) electrons. The number of nitrogens with one attached hydrogen (secondary N) is 3. The highest BCUT2D eigenvalue weighted by Gasteiger charge is 2.58. The van der Waals surface area contributed by atoms with E-state index in [4.69, 9.17) is 10.00 Å². The van der Waals surface area contributed by atoms with Gasteiger partial charge in [0.05, 0.1) is 24.8 Å². The normalized spacial score (nSPS) is 14.8. The molecule has 4 N–H and O–H groups in total. The van der Waals surface area contributed by atoms with Gasteiger partial charge in [-0.1, -0.05) is 30.0 Å². The molecule has 1 aliphatic heterocycles. The Labute approximate surface area is 244 Å². The summed E-state index contributed by atoms with van der Waals surface area (Å²) in [6, 6.07) is 20.4. The Kier molecular flexibility index (Phi) is 8.68. The predicted octanol–water partition coefficient (Wildman–Crippen LogP) is 3.98. The third-order valence-corrected chi connectivity index (χ3v) is 6.67. The monoisotopic (exact) mass is 588 g/mol. The summed E-state index contributed by atoms with van der Waals surface area (Å²) in [7, 11) is 0. The van der Waals surface area contributed by atoms with Gasteiger partial charge >= 0.3 is 5.92 Å². The van der Waals surface area contributed by atoms with Crippen molar-refractivity contribution in [2.24, 2.45) is 0 Å². The maximum absolute atomic E-state index is 15.9. The molecule has 1 fully saturated rings. The second-order valence-corrected chi connectivity index (χ2v) is 9.63. The van der Waals surface area contributed by atoms with E-state index in [-0.39, 0.29) is 6.67 Å². The van der Waals surface area contributed by atoms with Crippen molar-refractivity contribution in [2.45, 2.75) is 18.1 Å². The first-order chi connectivity index (χ1) is 20.7. The Balaban J connectivity index is 1.30. The molecule has 0 saturated carbocycles.